The summed E-state index contributed by atoms with van der Waals surface area (Å²) in [5.41, 5.74) is 2.77. The van der Waals surface area contributed by atoms with Crippen LogP contribution in [0.2, 0.25) is 0 Å². The number of rotatable bonds is 5. The molecule has 0 atom stereocenters. The monoisotopic (exact) mass is 361 g/mol. The summed E-state index contributed by atoms with van der Waals surface area (Å²) in [4.78, 5) is 16.0. The second kappa shape index (κ2) is 8.03. The van der Waals surface area contributed by atoms with Crippen LogP contribution in [-0.2, 0) is 0 Å². The highest BCUT2D eigenvalue weighted by Gasteiger charge is 2.12. The molecule has 0 saturated carbocycles. The van der Waals surface area contributed by atoms with Gasteiger partial charge in [-0.3, -0.25) is 4.98 Å². The van der Waals surface area contributed by atoms with E-state index in [0.717, 1.165) is 30.3 Å². The normalized spacial score (nSPS) is 14.0. The third-order valence-electron chi connectivity index (χ3n) is 4.72. The Morgan fingerprint density at radius 3 is 2.52 bits per heavy atom. The first-order valence-electron chi connectivity index (χ1n) is 9.28. The molecule has 4 rings (SSSR count). The van der Waals surface area contributed by atoms with Crippen molar-refractivity contribution in [2.24, 2.45) is 0 Å². The Labute approximate surface area is 159 Å². The predicted octanol–water partition coefficient (Wildman–Crippen LogP) is 4.28. The molecule has 0 unspecified atom stereocenters. The highest BCUT2D eigenvalue weighted by Crippen LogP contribution is 2.29. The zero-order chi connectivity index (χ0) is 18.5. The lowest BCUT2D eigenvalue weighted by molar-refractivity contribution is 0.415. The lowest BCUT2D eigenvalue weighted by atomic mass is 10.1. The summed E-state index contributed by atoms with van der Waals surface area (Å²) in [6.07, 6.45) is 7.50. The third-order valence-corrected chi connectivity index (χ3v) is 4.72. The number of nitrogens with one attached hydrogen (secondary N) is 1. The van der Waals surface area contributed by atoms with E-state index in [0.29, 0.717) is 11.6 Å². The average Bonchev–Trinajstić information content (AvgIpc) is 2.75. The van der Waals surface area contributed by atoms with Gasteiger partial charge in [0.2, 0.25) is 0 Å². The number of nitrogens with zero attached hydrogens (tertiary/aromatic N) is 4. The van der Waals surface area contributed by atoms with Crippen molar-refractivity contribution in [1.29, 1.82) is 0 Å². The van der Waals surface area contributed by atoms with E-state index in [2.05, 4.69) is 31.2 Å². The first-order chi connectivity index (χ1) is 13.3. The fraction of sp³-hybridized carbons (Fsp3) is 0.286. The predicted molar refractivity (Wildman–Crippen MR) is 108 cm³/mol. The molecule has 6 nitrogen and oxygen atoms in total. The van der Waals surface area contributed by atoms with E-state index in [1.807, 2.05) is 42.6 Å². The number of hydrogen-bond acceptors (Lipinski definition) is 6. The Morgan fingerprint density at radius 2 is 1.81 bits per heavy atom. The van der Waals surface area contributed by atoms with Crippen LogP contribution in [0.15, 0.2) is 54.9 Å². The summed E-state index contributed by atoms with van der Waals surface area (Å²) >= 11 is 0. The van der Waals surface area contributed by atoms with Crippen molar-refractivity contribution in [3.8, 4) is 17.1 Å². The number of pyridine rings is 3. The van der Waals surface area contributed by atoms with Crippen LogP contribution in [0, 0.1) is 0 Å². The molecule has 1 saturated heterocycles. The smallest absolute Gasteiger partial charge is 0.175 e. The maximum atomic E-state index is 5.45. The van der Waals surface area contributed by atoms with E-state index in [1.165, 1.54) is 24.9 Å². The van der Waals surface area contributed by atoms with Gasteiger partial charge in [0.05, 0.1) is 30.4 Å². The number of anilines is 3. The molecule has 3 aromatic heterocycles. The van der Waals surface area contributed by atoms with Crippen LogP contribution in [0.3, 0.4) is 0 Å². The van der Waals surface area contributed by atoms with Crippen LogP contribution in [0.5, 0.6) is 5.75 Å². The molecular formula is C21H23N5O. The lowest BCUT2D eigenvalue weighted by Gasteiger charge is -2.28. The maximum absolute atomic E-state index is 5.45. The highest BCUT2D eigenvalue weighted by molar-refractivity contribution is 5.66. The van der Waals surface area contributed by atoms with Crippen LogP contribution in [-0.4, -0.2) is 35.2 Å². The number of hydrogen-bond donors (Lipinski definition) is 1. The topological polar surface area (TPSA) is 63.2 Å². The largest absolute Gasteiger partial charge is 0.493 e. The fourth-order valence-electron chi connectivity index (χ4n) is 3.28. The molecule has 0 aliphatic carbocycles. The number of aromatic nitrogens is 3. The minimum Gasteiger partial charge on any atom is -0.493 e. The van der Waals surface area contributed by atoms with Gasteiger partial charge in [-0.1, -0.05) is 6.07 Å². The molecule has 6 heteroatoms. The van der Waals surface area contributed by atoms with Crippen LogP contribution in [0.1, 0.15) is 19.3 Å². The molecule has 0 amide bonds. The van der Waals surface area contributed by atoms with Crippen molar-refractivity contribution in [3.05, 3.63) is 54.9 Å². The lowest BCUT2D eigenvalue weighted by Crippen LogP contribution is -2.29. The van der Waals surface area contributed by atoms with Crippen LogP contribution in [0.4, 0.5) is 17.3 Å². The number of piperidine rings is 1. The van der Waals surface area contributed by atoms with E-state index in [1.54, 1.807) is 13.3 Å². The van der Waals surface area contributed by atoms with Gasteiger partial charge in [-0.15, -0.1) is 0 Å². The van der Waals surface area contributed by atoms with Gasteiger partial charge in [0.1, 0.15) is 5.82 Å². The van der Waals surface area contributed by atoms with E-state index in [9.17, 15) is 0 Å². The summed E-state index contributed by atoms with van der Waals surface area (Å²) in [6, 6.07) is 13.7. The molecule has 1 fully saturated rings. The first-order valence-corrected chi connectivity index (χ1v) is 9.28. The van der Waals surface area contributed by atoms with Gasteiger partial charge >= 0.3 is 0 Å². The van der Waals surface area contributed by atoms with E-state index >= 15 is 0 Å². The van der Waals surface area contributed by atoms with Crippen LogP contribution in [0.25, 0.3) is 11.4 Å². The molecule has 4 heterocycles. The zero-order valence-electron chi connectivity index (χ0n) is 15.4. The van der Waals surface area contributed by atoms with Gasteiger partial charge in [-0.2, -0.15) is 0 Å². The molecular weight excluding hydrogens is 338 g/mol. The summed E-state index contributed by atoms with van der Waals surface area (Å²) in [5.74, 6) is 2.02. The van der Waals surface area contributed by atoms with Gasteiger partial charge in [0, 0.05) is 19.3 Å². The third kappa shape index (κ3) is 4.00. The van der Waals surface area contributed by atoms with Gasteiger partial charge in [0.15, 0.2) is 11.6 Å². The van der Waals surface area contributed by atoms with E-state index < -0.39 is 0 Å². The molecule has 1 aliphatic rings. The molecule has 27 heavy (non-hydrogen) atoms. The SMILES string of the molecule is COc1ccc(-c2ccccn2)nc1Nc1ccc(N2CCCCC2)cn1. The minimum atomic E-state index is 0.624. The second-order valence-corrected chi connectivity index (χ2v) is 6.54. The quantitative estimate of drug-likeness (QED) is 0.732. The fourth-order valence-corrected chi connectivity index (χ4v) is 3.28. The van der Waals surface area contributed by atoms with Crippen molar-refractivity contribution in [1.82, 2.24) is 15.0 Å². The average molecular weight is 361 g/mol. The Bertz CT molecular complexity index is 877. The summed E-state index contributed by atoms with van der Waals surface area (Å²) in [5, 5.41) is 3.27. The Morgan fingerprint density at radius 1 is 0.926 bits per heavy atom. The molecule has 0 radical (unpaired) electrons. The van der Waals surface area contributed by atoms with Crippen molar-refractivity contribution >= 4 is 17.3 Å². The maximum Gasteiger partial charge on any atom is 0.175 e. The van der Waals surface area contributed by atoms with Crippen molar-refractivity contribution in [2.45, 2.75) is 19.3 Å². The van der Waals surface area contributed by atoms with Crippen LogP contribution < -0.4 is 15.0 Å². The van der Waals surface area contributed by atoms with Gasteiger partial charge in [-0.05, 0) is 55.7 Å². The standard InChI is InChI=1S/C21H23N5O/c1-27-19-10-9-18(17-7-3-4-12-22-17)24-21(19)25-20-11-8-16(15-23-20)26-13-5-2-6-14-26/h3-4,7-12,15H,2,5-6,13-14H2,1H3,(H,23,24,25). The van der Waals surface area contributed by atoms with Crippen molar-refractivity contribution < 1.29 is 4.74 Å². The highest BCUT2D eigenvalue weighted by atomic mass is 16.5. The number of methoxy groups -OCH3 is 1. The van der Waals surface area contributed by atoms with Gasteiger partial charge in [0.25, 0.3) is 0 Å². The Balaban J connectivity index is 1.56. The summed E-state index contributed by atoms with van der Waals surface area (Å²) in [6.45, 7) is 2.21. The van der Waals surface area contributed by atoms with Gasteiger partial charge < -0.3 is 15.0 Å². The number of ether oxygens (including phenoxy) is 1. The van der Waals surface area contributed by atoms with E-state index in [-0.39, 0.29) is 0 Å². The van der Waals surface area contributed by atoms with Crippen molar-refractivity contribution in [3.63, 3.8) is 0 Å². The summed E-state index contributed by atoms with van der Waals surface area (Å²) < 4.78 is 5.45. The molecule has 1 N–H and O–H groups in total. The molecule has 138 valence electrons. The minimum absolute atomic E-state index is 0.624. The van der Waals surface area contributed by atoms with Crippen LogP contribution >= 0.6 is 0 Å². The molecule has 0 bridgehead atoms. The molecule has 0 aromatic carbocycles. The van der Waals surface area contributed by atoms with Crippen molar-refractivity contribution in [2.75, 3.05) is 30.4 Å². The molecule has 1 aliphatic heterocycles. The Hall–Kier alpha value is -3.15. The molecule has 3 aromatic rings. The van der Waals surface area contributed by atoms with Gasteiger partial charge in [-0.25, -0.2) is 9.97 Å². The first kappa shape index (κ1) is 17.3. The molecule has 0 spiro atoms. The zero-order valence-corrected chi connectivity index (χ0v) is 15.4. The van der Waals surface area contributed by atoms with E-state index in [4.69, 9.17) is 4.74 Å². The Kier molecular flexibility index (Phi) is 5.14. The second-order valence-electron chi connectivity index (χ2n) is 6.54. The summed E-state index contributed by atoms with van der Waals surface area (Å²) in [7, 11) is 1.63.